The molecule has 0 saturated heterocycles. The first-order valence-electron chi connectivity index (χ1n) is 11.1. The van der Waals surface area contributed by atoms with E-state index in [1.165, 1.54) is 6.20 Å². The zero-order valence-corrected chi connectivity index (χ0v) is 20.4. The molecule has 1 fully saturated rings. The van der Waals surface area contributed by atoms with Crippen LogP contribution in [0.25, 0.3) is 0 Å². The first kappa shape index (κ1) is 26.2. The molecule has 186 valence electrons. The Kier molecular flexibility index (Phi) is 7.50. The summed E-state index contributed by atoms with van der Waals surface area (Å²) in [6, 6.07) is 8.51. The molecule has 3 rings (SSSR count). The Bertz CT molecular complexity index is 1150. The number of anilines is 1. The van der Waals surface area contributed by atoms with Crippen LogP contribution in [0.2, 0.25) is 5.15 Å². The van der Waals surface area contributed by atoms with Gasteiger partial charge >= 0.3 is 11.9 Å². The number of carboxylic acid groups (broad SMARTS) is 2. The van der Waals surface area contributed by atoms with Crippen molar-refractivity contribution in [2.45, 2.75) is 46.1 Å². The summed E-state index contributed by atoms with van der Waals surface area (Å²) in [6.07, 6.45) is 2.20. The average Bonchev–Trinajstić information content (AvgIpc) is 3.04. The van der Waals surface area contributed by atoms with E-state index in [0.717, 1.165) is 0 Å². The molecule has 4 N–H and O–H groups in total. The van der Waals surface area contributed by atoms with E-state index < -0.39 is 46.5 Å². The van der Waals surface area contributed by atoms with Crippen molar-refractivity contribution >= 4 is 41.0 Å². The summed E-state index contributed by atoms with van der Waals surface area (Å²) in [5.74, 6) is -3.68. The molecule has 1 heterocycles. The standard InChI is InChI=1S/C25H28ClN3O6/c1-24(2)17(10-11-25(24,3)23(34)35)21(31)29-18(22(32)33)13-14-6-8-15(9-7-14)28-20(30)16-5-4-12-27-19(16)26/h4-9,12,17-18H,10-11,13H2,1-3H3,(H,28,30)(H,29,31)(H,32,33)(H,34,35)/t17-,18-,25+/m0/s1. The molecular formula is C25H28ClN3O6. The number of carbonyl (C=O) groups excluding carboxylic acids is 2. The Morgan fingerprint density at radius 3 is 2.31 bits per heavy atom. The lowest BCUT2D eigenvalue weighted by Gasteiger charge is -2.38. The summed E-state index contributed by atoms with van der Waals surface area (Å²) in [4.78, 5) is 52.9. The molecular weight excluding hydrogens is 474 g/mol. The van der Waals surface area contributed by atoms with E-state index in [0.29, 0.717) is 24.1 Å². The number of pyridine rings is 1. The van der Waals surface area contributed by atoms with Crippen molar-refractivity contribution in [2.75, 3.05) is 5.32 Å². The minimum absolute atomic E-state index is 0.0209. The second-order valence-electron chi connectivity index (χ2n) is 9.55. The second kappa shape index (κ2) is 10.0. The van der Waals surface area contributed by atoms with Gasteiger partial charge in [0.1, 0.15) is 11.2 Å². The fourth-order valence-electron chi connectivity index (χ4n) is 4.53. The fourth-order valence-corrected chi connectivity index (χ4v) is 4.73. The lowest BCUT2D eigenvalue weighted by molar-refractivity contribution is -0.155. The Labute approximate surface area is 207 Å². The first-order chi connectivity index (χ1) is 16.4. The van der Waals surface area contributed by atoms with Crippen molar-refractivity contribution in [3.63, 3.8) is 0 Å². The molecule has 3 atom stereocenters. The molecule has 1 aromatic heterocycles. The Balaban J connectivity index is 1.66. The van der Waals surface area contributed by atoms with Crippen LogP contribution in [0.4, 0.5) is 5.69 Å². The minimum Gasteiger partial charge on any atom is -0.481 e. The number of aliphatic carboxylic acids is 2. The molecule has 9 nitrogen and oxygen atoms in total. The third-order valence-electron chi connectivity index (χ3n) is 7.28. The van der Waals surface area contributed by atoms with Gasteiger partial charge in [-0.2, -0.15) is 0 Å². The highest BCUT2D eigenvalue weighted by Crippen LogP contribution is 2.56. The van der Waals surface area contributed by atoms with Crippen molar-refractivity contribution in [2.24, 2.45) is 16.7 Å². The fraction of sp³-hybridized carbons (Fsp3) is 0.400. The predicted octanol–water partition coefficient (Wildman–Crippen LogP) is 3.63. The van der Waals surface area contributed by atoms with Gasteiger partial charge in [-0.05, 0) is 55.0 Å². The lowest BCUT2D eigenvalue weighted by atomic mass is 9.65. The number of halogens is 1. The largest absolute Gasteiger partial charge is 0.481 e. The van der Waals surface area contributed by atoms with E-state index in [1.54, 1.807) is 57.2 Å². The van der Waals surface area contributed by atoms with Crippen LogP contribution >= 0.6 is 11.6 Å². The molecule has 0 radical (unpaired) electrons. The molecule has 1 aliphatic carbocycles. The van der Waals surface area contributed by atoms with Crippen molar-refractivity contribution in [3.8, 4) is 0 Å². The molecule has 1 saturated carbocycles. The molecule has 1 aliphatic rings. The van der Waals surface area contributed by atoms with Gasteiger partial charge in [0.25, 0.3) is 5.91 Å². The number of nitrogens with zero attached hydrogens (tertiary/aromatic N) is 1. The number of carboxylic acids is 2. The highest BCUT2D eigenvalue weighted by Gasteiger charge is 2.58. The van der Waals surface area contributed by atoms with E-state index in [1.807, 2.05) is 0 Å². The zero-order chi connectivity index (χ0) is 26.0. The maximum absolute atomic E-state index is 13.0. The Morgan fingerprint density at radius 1 is 1.11 bits per heavy atom. The molecule has 0 bridgehead atoms. The van der Waals surface area contributed by atoms with Gasteiger partial charge in [0.15, 0.2) is 0 Å². The van der Waals surface area contributed by atoms with Gasteiger partial charge < -0.3 is 20.8 Å². The minimum atomic E-state index is -1.20. The van der Waals surface area contributed by atoms with Crippen molar-refractivity contribution < 1.29 is 29.4 Å². The SMILES string of the molecule is CC1(C)[C@H](C(=O)N[C@@H](Cc2ccc(NC(=O)c3cccnc3Cl)cc2)C(=O)O)CC[C@]1(C)C(=O)O. The number of benzene rings is 1. The van der Waals surface area contributed by atoms with E-state index in [9.17, 15) is 29.4 Å². The lowest BCUT2D eigenvalue weighted by Crippen LogP contribution is -2.49. The number of aromatic nitrogens is 1. The quantitative estimate of drug-likeness (QED) is 0.404. The summed E-state index contributed by atoms with van der Waals surface area (Å²) in [7, 11) is 0. The van der Waals surface area contributed by atoms with Crippen molar-refractivity contribution in [1.82, 2.24) is 10.3 Å². The summed E-state index contributed by atoms with van der Waals surface area (Å²) >= 11 is 5.94. The summed E-state index contributed by atoms with van der Waals surface area (Å²) < 4.78 is 0. The van der Waals surface area contributed by atoms with E-state index in [4.69, 9.17) is 11.6 Å². The maximum atomic E-state index is 13.0. The van der Waals surface area contributed by atoms with E-state index >= 15 is 0 Å². The predicted molar refractivity (Wildman–Crippen MR) is 129 cm³/mol. The number of rotatable bonds is 8. The van der Waals surface area contributed by atoms with Gasteiger partial charge in [-0.15, -0.1) is 0 Å². The van der Waals surface area contributed by atoms with Crippen LogP contribution in [-0.4, -0.2) is 45.0 Å². The van der Waals surface area contributed by atoms with Crippen LogP contribution in [0.5, 0.6) is 0 Å². The van der Waals surface area contributed by atoms with Gasteiger partial charge in [0.2, 0.25) is 5.91 Å². The smallest absolute Gasteiger partial charge is 0.326 e. The molecule has 1 aromatic carbocycles. The van der Waals surface area contributed by atoms with Crippen LogP contribution in [0.3, 0.4) is 0 Å². The number of hydrogen-bond acceptors (Lipinski definition) is 5. The van der Waals surface area contributed by atoms with Gasteiger partial charge in [0.05, 0.1) is 11.0 Å². The molecule has 2 aromatic rings. The summed E-state index contributed by atoms with van der Waals surface area (Å²) in [5, 5.41) is 24.7. The first-order valence-corrected chi connectivity index (χ1v) is 11.5. The van der Waals surface area contributed by atoms with Gasteiger partial charge in [-0.1, -0.05) is 37.6 Å². The number of amides is 2. The summed E-state index contributed by atoms with van der Waals surface area (Å²) in [6.45, 7) is 5.10. The molecule has 35 heavy (non-hydrogen) atoms. The van der Waals surface area contributed by atoms with Crippen LogP contribution in [0, 0.1) is 16.7 Å². The highest BCUT2D eigenvalue weighted by molar-refractivity contribution is 6.33. The number of hydrogen-bond donors (Lipinski definition) is 4. The number of carbonyl (C=O) groups is 4. The topological polar surface area (TPSA) is 146 Å². The van der Waals surface area contributed by atoms with E-state index in [-0.39, 0.29) is 17.1 Å². The molecule has 0 aliphatic heterocycles. The van der Waals surface area contributed by atoms with Crippen molar-refractivity contribution in [1.29, 1.82) is 0 Å². The maximum Gasteiger partial charge on any atom is 0.326 e. The Morgan fingerprint density at radius 2 is 1.77 bits per heavy atom. The van der Waals surface area contributed by atoms with Gasteiger partial charge in [-0.25, -0.2) is 9.78 Å². The molecule has 10 heteroatoms. The molecule has 0 spiro atoms. The molecule has 2 amide bonds. The Hall–Kier alpha value is -3.46. The van der Waals surface area contributed by atoms with Crippen LogP contribution < -0.4 is 10.6 Å². The van der Waals surface area contributed by atoms with Crippen LogP contribution in [-0.2, 0) is 20.8 Å². The number of nitrogens with one attached hydrogen (secondary N) is 2. The van der Waals surface area contributed by atoms with E-state index in [2.05, 4.69) is 15.6 Å². The van der Waals surface area contributed by atoms with Crippen molar-refractivity contribution in [3.05, 3.63) is 58.9 Å². The third-order valence-corrected chi connectivity index (χ3v) is 7.59. The second-order valence-corrected chi connectivity index (χ2v) is 9.90. The average molecular weight is 502 g/mol. The normalized spacial score (nSPS) is 21.7. The van der Waals surface area contributed by atoms with Gasteiger partial charge in [-0.3, -0.25) is 14.4 Å². The third kappa shape index (κ3) is 5.30. The molecule has 0 unspecified atom stereocenters. The van der Waals surface area contributed by atoms with Gasteiger partial charge in [0, 0.05) is 24.2 Å². The van der Waals surface area contributed by atoms with Crippen LogP contribution in [0.1, 0.15) is 49.5 Å². The summed E-state index contributed by atoms with van der Waals surface area (Å²) in [5.41, 5.74) is -0.580. The monoisotopic (exact) mass is 501 g/mol. The zero-order valence-electron chi connectivity index (χ0n) is 19.7. The highest BCUT2D eigenvalue weighted by atomic mass is 35.5. The van der Waals surface area contributed by atoms with Crippen LogP contribution in [0.15, 0.2) is 42.6 Å².